The van der Waals surface area contributed by atoms with E-state index in [9.17, 15) is 19.2 Å². The van der Waals surface area contributed by atoms with Crippen molar-refractivity contribution in [3.8, 4) is 0 Å². The maximum absolute atomic E-state index is 13.2. The van der Waals surface area contributed by atoms with Crippen LogP contribution in [0.15, 0.2) is 77.5 Å². The Hall–Kier alpha value is -3.85. The molecule has 1 heterocycles. The molecule has 0 saturated carbocycles. The lowest BCUT2D eigenvalue weighted by atomic mass is 10.1. The number of nitrogens with one attached hydrogen (secondary N) is 2. The number of hydrogen-bond donors (Lipinski definition) is 2. The number of carbonyl (C=O) groups excluding carboxylic acids is 4. The van der Waals surface area contributed by atoms with Gasteiger partial charge in [0.25, 0.3) is 17.7 Å². The number of imide groups is 1. The van der Waals surface area contributed by atoms with Crippen molar-refractivity contribution in [1.29, 1.82) is 0 Å². The Morgan fingerprint density at radius 3 is 2.18 bits per heavy atom. The number of esters is 1. The molecular formula is C27H20Cl3N3O5. The van der Waals surface area contributed by atoms with Crippen LogP contribution in [0.5, 0.6) is 0 Å². The van der Waals surface area contributed by atoms with Crippen LogP contribution in [-0.2, 0) is 14.3 Å². The molecule has 2 N–H and O–H groups in total. The lowest BCUT2D eigenvalue weighted by molar-refractivity contribution is -0.120. The summed E-state index contributed by atoms with van der Waals surface area (Å²) in [5.41, 5.74) is 1.11. The van der Waals surface area contributed by atoms with Crippen molar-refractivity contribution in [2.45, 2.75) is 13.3 Å². The molecule has 0 fully saturated rings. The monoisotopic (exact) mass is 571 g/mol. The van der Waals surface area contributed by atoms with Gasteiger partial charge in [0.05, 0.1) is 17.9 Å². The third-order valence-corrected chi connectivity index (χ3v) is 6.15. The number of benzene rings is 3. The van der Waals surface area contributed by atoms with E-state index >= 15 is 0 Å². The summed E-state index contributed by atoms with van der Waals surface area (Å²) in [6.45, 7) is 2.05. The molecule has 194 valence electrons. The Labute approximate surface area is 233 Å². The first-order chi connectivity index (χ1) is 18.2. The average molecular weight is 573 g/mol. The molecule has 0 radical (unpaired) electrons. The molecule has 0 atom stereocenters. The third kappa shape index (κ3) is 5.83. The van der Waals surface area contributed by atoms with Gasteiger partial charge in [-0.15, -0.1) is 0 Å². The number of rotatable bonds is 8. The van der Waals surface area contributed by atoms with Crippen LogP contribution in [0, 0.1) is 0 Å². The number of para-hydroxylation sites is 1. The van der Waals surface area contributed by atoms with E-state index in [0.29, 0.717) is 33.4 Å². The SMILES string of the molecule is CCCOC(=O)c1ccccc1N1C(=O)C(Cl)=C(Nc2ccc(C(=O)Nc3cc(Cl)cc(Cl)c3)cc2)C1=O. The highest BCUT2D eigenvalue weighted by Gasteiger charge is 2.40. The molecule has 3 aromatic carbocycles. The van der Waals surface area contributed by atoms with E-state index in [0.717, 1.165) is 4.90 Å². The van der Waals surface area contributed by atoms with Crippen LogP contribution in [0.1, 0.15) is 34.1 Å². The van der Waals surface area contributed by atoms with Gasteiger partial charge in [-0.3, -0.25) is 14.4 Å². The second-order valence-corrected chi connectivity index (χ2v) is 9.35. The minimum absolute atomic E-state index is 0.0599. The molecule has 4 rings (SSSR count). The smallest absolute Gasteiger partial charge is 0.340 e. The Morgan fingerprint density at radius 2 is 1.53 bits per heavy atom. The Kier molecular flexibility index (Phi) is 8.36. The van der Waals surface area contributed by atoms with Crippen LogP contribution in [0.2, 0.25) is 10.0 Å². The lowest BCUT2D eigenvalue weighted by Crippen LogP contribution is -2.33. The maximum Gasteiger partial charge on any atom is 0.340 e. The molecule has 8 nitrogen and oxygen atoms in total. The summed E-state index contributed by atoms with van der Waals surface area (Å²) in [7, 11) is 0. The Bertz CT molecular complexity index is 1450. The zero-order chi connectivity index (χ0) is 27.4. The molecule has 0 spiro atoms. The molecule has 0 bridgehead atoms. The van der Waals surface area contributed by atoms with E-state index in [1.165, 1.54) is 24.3 Å². The fourth-order valence-corrected chi connectivity index (χ4v) is 4.36. The number of hydrogen-bond acceptors (Lipinski definition) is 6. The van der Waals surface area contributed by atoms with Gasteiger partial charge in [-0.05, 0) is 61.0 Å². The second-order valence-electron chi connectivity index (χ2n) is 8.10. The number of carbonyl (C=O) groups is 4. The van der Waals surface area contributed by atoms with E-state index in [-0.39, 0.29) is 28.6 Å². The van der Waals surface area contributed by atoms with Crippen LogP contribution in [-0.4, -0.2) is 30.3 Å². The molecule has 0 aromatic heterocycles. The van der Waals surface area contributed by atoms with Crippen LogP contribution < -0.4 is 15.5 Å². The van der Waals surface area contributed by atoms with Gasteiger partial charge in [0.15, 0.2) is 0 Å². The van der Waals surface area contributed by atoms with E-state index in [1.54, 1.807) is 42.5 Å². The van der Waals surface area contributed by atoms with Crippen LogP contribution >= 0.6 is 34.8 Å². The molecule has 0 aliphatic carbocycles. The van der Waals surface area contributed by atoms with E-state index in [1.807, 2.05) is 6.92 Å². The molecule has 3 aromatic rings. The van der Waals surface area contributed by atoms with Gasteiger partial charge >= 0.3 is 5.97 Å². The van der Waals surface area contributed by atoms with Gasteiger partial charge in [0.1, 0.15) is 10.7 Å². The largest absolute Gasteiger partial charge is 0.462 e. The molecule has 1 aliphatic heterocycles. The average Bonchev–Trinajstić information content (AvgIpc) is 3.09. The normalized spacial score (nSPS) is 13.1. The number of ether oxygens (including phenoxy) is 1. The number of anilines is 3. The first-order valence-corrected chi connectivity index (χ1v) is 12.5. The predicted molar refractivity (Wildman–Crippen MR) is 147 cm³/mol. The highest BCUT2D eigenvalue weighted by atomic mass is 35.5. The summed E-state index contributed by atoms with van der Waals surface area (Å²) in [4.78, 5) is 52.1. The van der Waals surface area contributed by atoms with Crippen molar-refractivity contribution >= 4 is 75.6 Å². The highest BCUT2D eigenvalue weighted by molar-refractivity contribution is 6.53. The summed E-state index contributed by atoms with van der Waals surface area (Å²) in [6, 6.07) is 16.9. The quantitative estimate of drug-likeness (QED) is 0.244. The van der Waals surface area contributed by atoms with Gasteiger partial charge in [0, 0.05) is 27.0 Å². The fraction of sp³-hybridized carbons (Fsp3) is 0.111. The minimum Gasteiger partial charge on any atom is -0.462 e. The standard InChI is InChI=1S/C27H20Cl3N3O5/c1-2-11-38-27(37)20-5-3-4-6-21(20)33-25(35)22(30)23(26(33)36)31-18-9-7-15(8-10-18)24(34)32-19-13-16(28)12-17(29)14-19/h3-10,12-14,31H,2,11H2,1H3,(H,32,34). The van der Waals surface area contributed by atoms with Crippen molar-refractivity contribution < 1.29 is 23.9 Å². The van der Waals surface area contributed by atoms with E-state index in [2.05, 4.69) is 10.6 Å². The van der Waals surface area contributed by atoms with Crippen LogP contribution in [0.4, 0.5) is 17.1 Å². The molecule has 0 saturated heterocycles. The van der Waals surface area contributed by atoms with E-state index in [4.69, 9.17) is 39.5 Å². The summed E-state index contributed by atoms with van der Waals surface area (Å²) in [6.07, 6.45) is 0.617. The Morgan fingerprint density at radius 1 is 0.868 bits per heavy atom. The topological polar surface area (TPSA) is 105 Å². The van der Waals surface area contributed by atoms with Gasteiger partial charge in [-0.1, -0.05) is 53.9 Å². The number of nitrogens with zero attached hydrogens (tertiary/aromatic N) is 1. The summed E-state index contributed by atoms with van der Waals surface area (Å²) in [5.74, 6) is -2.59. The maximum atomic E-state index is 13.2. The van der Waals surface area contributed by atoms with Gasteiger partial charge < -0.3 is 15.4 Å². The van der Waals surface area contributed by atoms with Crippen molar-refractivity contribution in [2.75, 3.05) is 22.1 Å². The molecule has 3 amide bonds. The lowest BCUT2D eigenvalue weighted by Gasteiger charge is -2.18. The van der Waals surface area contributed by atoms with Crippen LogP contribution in [0.25, 0.3) is 0 Å². The first kappa shape index (κ1) is 27.2. The fourth-order valence-electron chi connectivity index (χ4n) is 3.62. The first-order valence-electron chi connectivity index (χ1n) is 11.4. The van der Waals surface area contributed by atoms with E-state index < -0.39 is 23.7 Å². The third-order valence-electron chi connectivity index (χ3n) is 5.37. The summed E-state index contributed by atoms with van der Waals surface area (Å²) < 4.78 is 5.18. The predicted octanol–water partition coefficient (Wildman–Crippen LogP) is 6.25. The zero-order valence-corrected chi connectivity index (χ0v) is 22.2. The Balaban J connectivity index is 1.50. The summed E-state index contributed by atoms with van der Waals surface area (Å²) >= 11 is 18.2. The van der Waals surface area contributed by atoms with Crippen molar-refractivity contribution in [1.82, 2.24) is 0 Å². The molecule has 1 aliphatic rings. The van der Waals surface area contributed by atoms with Crippen LogP contribution in [0.3, 0.4) is 0 Å². The van der Waals surface area contributed by atoms with Crippen molar-refractivity contribution in [3.63, 3.8) is 0 Å². The molecule has 0 unspecified atom stereocenters. The minimum atomic E-state index is -0.786. The summed E-state index contributed by atoms with van der Waals surface area (Å²) in [5, 5.41) is 5.95. The van der Waals surface area contributed by atoms with Gasteiger partial charge in [-0.25, -0.2) is 9.69 Å². The highest BCUT2D eigenvalue weighted by Crippen LogP contribution is 2.32. The van der Waals surface area contributed by atoms with Gasteiger partial charge in [0.2, 0.25) is 0 Å². The second kappa shape index (κ2) is 11.7. The molecule has 38 heavy (non-hydrogen) atoms. The molecule has 11 heteroatoms. The number of amides is 3. The molecular weight excluding hydrogens is 553 g/mol. The van der Waals surface area contributed by atoms with Crippen molar-refractivity contribution in [2.24, 2.45) is 0 Å². The zero-order valence-electron chi connectivity index (χ0n) is 19.9. The van der Waals surface area contributed by atoms with Gasteiger partial charge in [-0.2, -0.15) is 0 Å². The van der Waals surface area contributed by atoms with Crippen molar-refractivity contribution in [3.05, 3.63) is 98.6 Å². The number of halogens is 3.